The number of likely N-dealkylation sites (tertiary alicyclic amines) is 1. The summed E-state index contributed by atoms with van der Waals surface area (Å²) in [4.78, 5) is 29.0. The summed E-state index contributed by atoms with van der Waals surface area (Å²) >= 11 is 0. The molecule has 0 unspecified atom stereocenters. The molecule has 0 aliphatic carbocycles. The third-order valence-corrected chi connectivity index (χ3v) is 4.08. The molecule has 1 amide bonds. The van der Waals surface area contributed by atoms with Crippen molar-refractivity contribution < 1.29 is 23.5 Å². The van der Waals surface area contributed by atoms with Crippen molar-refractivity contribution in [3.8, 4) is 0 Å². The quantitative estimate of drug-likeness (QED) is 0.522. The third-order valence-electron chi connectivity index (χ3n) is 4.08. The Bertz CT molecular complexity index is 868. The van der Waals surface area contributed by atoms with Crippen LogP contribution in [0.4, 0.5) is 4.39 Å². The number of hydrogen-bond donors (Lipinski definition) is 1. The van der Waals surface area contributed by atoms with Gasteiger partial charge in [-0.05, 0) is 24.1 Å². The number of benzene rings is 1. The predicted molar refractivity (Wildman–Crippen MR) is 87.2 cm³/mol. The summed E-state index contributed by atoms with van der Waals surface area (Å²) in [5, 5.41) is 10.5. The van der Waals surface area contributed by atoms with Crippen molar-refractivity contribution in [3.63, 3.8) is 0 Å². The van der Waals surface area contributed by atoms with Crippen LogP contribution in [0.2, 0.25) is 0 Å². The topological polar surface area (TPSA) is 83.6 Å². The molecule has 1 aliphatic rings. The summed E-state index contributed by atoms with van der Waals surface area (Å²) in [7, 11) is 1.49. The van der Waals surface area contributed by atoms with Gasteiger partial charge in [0.2, 0.25) is 0 Å². The number of amides is 1. The van der Waals surface area contributed by atoms with Gasteiger partial charge in [-0.15, -0.1) is 0 Å². The molecule has 1 aromatic heterocycles. The number of aliphatic hydroxyl groups is 1. The molecule has 2 aromatic rings. The molecule has 1 aliphatic heterocycles. The molecule has 7 heteroatoms. The van der Waals surface area contributed by atoms with E-state index in [9.17, 15) is 19.1 Å². The standard InChI is InChI=1S/C18H17FN2O4/c1-10-20-15(16(22)13-9-21(2)18(24)17(13)23)14(25-10)8-5-11-3-6-12(19)7-4-11/h3-4,6-7,22H,5,8-9H2,1-2H3. The average Bonchev–Trinajstić information content (AvgIpc) is 3.08. The number of halogens is 1. The minimum absolute atomic E-state index is 0.0174. The molecule has 25 heavy (non-hydrogen) atoms. The lowest BCUT2D eigenvalue weighted by atomic mass is 10.1. The van der Waals surface area contributed by atoms with Crippen molar-refractivity contribution in [2.75, 3.05) is 13.6 Å². The summed E-state index contributed by atoms with van der Waals surface area (Å²) in [6.45, 7) is 1.67. The summed E-state index contributed by atoms with van der Waals surface area (Å²) in [5.41, 5.74) is 1.09. The van der Waals surface area contributed by atoms with Gasteiger partial charge in [0.15, 0.2) is 11.6 Å². The molecule has 1 fully saturated rings. The first kappa shape index (κ1) is 16.9. The Morgan fingerprint density at radius 1 is 1.28 bits per heavy atom. The highest BCUT2D eigenvalue weighted by Gasteiger charge is 2.35. The number of aromatic nitrogens is 1. The highest BCUT2D eigenvalue weighted by molar-refractivity contribution is 6.46. The predicted octanol–water partition coefficient (Wildman–Crippen LogP) is 2.22. The number of likely N-dealkylation sites (N-methyl/N-ethyl adjacent to an activating group) is 1. The van der Waals surface area contributed by atoms with Crippen LogP contribution < -0.4 is 0 Å². The van der Waals surface area contributed by atoms with Crippen molar-refractivity contribution in [1.82, 2.24) is 9.88 Å². The zero-order valence-electron chi connectivity index (χ0n) is 13.9. The Hall–Kier alpha value is -2.96. The Labute approximate surface area is 143 Å². The second kappa shape index (κ2) is 6.51. The number of oxazole rings is 1. The SMILES string of the molecule is Cc1nc(C(O)=C2CN(C)C(=O)C2=O)c(CCc2ccc(F)cc2)o1. The zero-order valence-corrected chi connectivity index (χ0v) is 13.9. The van der Waals surface area contributed by atoms with Gasteiger partial charge in [-0.25, -0.2) is 9.37 Å². The van der Waals surface area contributed by atoms with Gasteiger partial charge in [0.25, 0.3) is 11.7 Å². The summed E-state index contributed by atoms with van der Waals surface area (Å²) in [5.74, 6) is -1.26. The number of rotatable bonds is 4. The second-order valence-corrected chi connectivity index (χ2v) is 5.95. The smallest absolute Gasteiger partial charge is 0.294 e. The molecule has 130 valence electrons. The number of nitrogens with zero attached hydrogens (tertiary/aromatic N) is 2. The maximum atomic E-state index is 13.0. The van der Waals surface area contributed by atoms with E-state index >= 15 is 0 Å². The lowest BCUT2D eigenvalue weighted by Gasteiger charge is -2.05. The minimum Gasteiger partial charge on any atom is -0.505 e. The Morgan fingerprint density at radius 3 is 2.56 bits per heavy atom. The van der Waals surface area contributed by atoms with E-state index in [0.717, 1.165) is 5.56 Å². The molecule has 1 N–H and O–H groups in total. The summed E-state index contributed by atoms with van der Waals surface area (Å²) in [6, 6.07) is 6.09. The van der Waals surface area contributed by atoms with Crippen LogP contribution in [0.25, 0.3) is 5.76 Å². The van der Waals surface area contributed by atoms with Gasteiger partial charge in [0.05, 0.1) is 12.1 Å². The number of ketones is 1. The van der Waals surface area contributed by atoms with Gasteiger partial charge in [0, 0.05) is 20.4 Å². The number of Topliss-reactive ketones (excluding diaryl/α,β-unsaturated/α-hetero) is 1. The van der Waals surface area contributed by atoms with Crippen LogP contribution >= 0.6 is 0 Å². The van der Waals surface area contributed by atoms with Gasteiger partial charge in [-0.1, -0.05) is 12.1 Å². The fourth-order valence-corrected chi connectivity index (χ4v) is 2.74. The van der Waals surface area contributed by atoms with Crippen molar-refractivity contribution in [3.05, 3.63) is 58.6 Å². The number of hydrogen-bond acceptors (Lipinski definition) is 5. The van der Waals surface area contributed by atoms with Crippen LogP contribution in [0, 0.1) is 12.7 Å². The van der Waals surface area contributed by atoms with Crippen LogP contribution in [0.5, 0.6) is 0 Å². The molecule has 0 radical (unpaired) electrons. The monoisotopic (exact) mass is 344 g/mol. The van der Waals surface area contributed by atoms with Gasteiger partial charge < -0.3 is 14.4 Å². The Morgan fingerprint density at radius 2 is 1.96 bits per heavy atom. The van der Waals surface area contributed by atoms with E-state index in [0.29, 0.717) is 24.5 Å². The Kier molecular flexibility index (Phi) is 4.39. The van der Waals surface area contributed by atoms with E-state index in [1.807, 2.05) is 0 Å². The van der Waals surface area contributed by atoms with E-state index in [2.05, 4.69) is 4.98 Å². The molecule has 0 saturated carbocycles. The lowest BCUT2D eigenvalue weighted by molar-refractivity contribution is -0.138. The van der Waals surface area contributed by atoms with Gasteiger partial charge in [0.1, 0.15) is 17.3 Å². The number of aryl methyl sites for hydroxylation is 3. The average molecular weight is 344 g/mol. The van der Waals surface area contributed by atoms with E-state index in [1.165, 1.54) is 24.1 Å². The number of carbonyl (C=O) groups is 2. The maximum Gasteiger partial charge on any atom is 0.294 e. The number of aliphatic hydroxyl groups excluding tert-OH is 1. The van der Waals surface area contributed by atoms with Crippen LogP contribution in [-0.2, 0) is 22.4 Å². The largest absolute Gasteiger partial charge is 0.505 e. The molecular formula is C18H17FN2O4. The van der Waals surface area contributed by atoms with Gasteiger partial charge in [-0.3, -0.25) is 9.59 Å². The molecular weight excluding hydrogens is 327 g/mol. The second-order valence-electron chi connectivity index (χ2n) is 5.95. The minimum atomic E-state index is -0.731. The summed E-state index contributed by atoms with van der Waals surface area (Å²) < 4.78 is 18.5. The van der Waals surface area contributed by atoms with Crippen molar-refractivity contribution in [2.45, 2.75) is 19.8 Å². The number of carbonyl (C=O) groups excluding carboxylic acids is 2. The van der Waals surface area contributed by atoms with Crippen molar-refractivity contribution in [2.24, 2.45) is 0 Å². The van der Waals surface area contributed by atoms with Crippen LogP contribution in [0.1, 0.15) is 22.9 Å². The van der Waals surface area contributed by atoms with Gasteiger partial charge in [-0.2, -0.15) is 0 Å². The molecule has 0 spiro atoms. The lowest BCUT2D eigenvalue weighted by Crippen LogP contribution is -2.22. The summed E-state index contributed by atoms with van der Waals surface area (Å²) in [6.07, 6.45) is 0.967. The normalized spacial score (nSPS) is 16.7. The van der Waals surface area contributed by atoms with Crippen LogP contribution in [0.3, 0.4) is 0 Å². The zero-order chi connectivity index (χ0) is 18.1. The molecule has 1 saturated heterocycles. The third kappa shape index (κ3) is 3.31. The van der Waals surface area contributed by atoms with Gasteiger partial charge >= 0.3 is 0 Å². The fourth-order valence-electron chi connectivity index (χ4n) is 2.74. The highest BCUT2D eigenvalue weighted by Crippen LogP contribution is 2.26. The van der Waals surface area contributed by atoms with Crippen molar-refractivity contribution in [1.29, 1.82) is 0 Å². The molecule has 0 bridgehead atoms. The molecule has 2 heterocycles. The molecule has 6 nitrogen and oxygen atoms in total. The van der Waals surface area contributed by atoms with Crippen LogP contribution in [0.15, 0.2) is 34.3 Å². The maximum absolute atomic E-state index is 13.0. The molecule has 3 rings (SSSR count). The molecule has 1 aromatic carbocycles. The van der Waals surface area contributed by atoms with E-state index in [-0.39, 0.29) is 29.4 Å². The first-order chi connectivity index (χ1) is 11.9. The van der Waals surface area contributed by atoms with Crippen molar-refractivity contribution >= 4 is 17.4 Å². The van der Waals surface area contributed by atoms with Crippen LogP contribution in [-0.4, -0.2) is 40.3 Å². The van der Waals surface area contributed by atoms with E-state index in [1.54, 1.807) is 19.1 Å². The molecule has 0 atom stereocenters. The first-order valence-corrected chi connectivity index (χ1v) is 7.80. The first-order valence-electron chi connectivity index (χ1n) is 7.80. The Balaban J connectivity index is 1.87. The van der Waals surface area contributed by atoms with E-state index in [4.69, 9.17) is 4.42 Å². The highest BCUT2D eigenvalue weighted by atomic mass is 19.1. The fraction of sp³-hybridized carbons (Fsp3) is 0.278. The van der Waals surface area contributed by atoms with E-state index < -0.39 is 11.7 Å².